The molecular weight excluding hydrogens is 303 g/mol. The van der Waals surface area contributed by atoms with Gasteiger partial charge in [0, 0.05) is 17.7 Å². The number of alkyl halides is 2. The van der Waals surface area contributed by atoms with Crippen LogP contribution in [0.25, 0.3) is 0 Å². The second-order valence-electron chi connectivity index (χ2n) is 2.48. The Labute approximate surface area is 93.1 Å². The summed E-state index contributed by atoms with van der Waals surface area (Å²) < 4.78 is 25.4. The van der Waals surface area contributed by atoms with E-state index >= 15 is 0 Å². The molecule has 0 amide bonds. The number of nitrogens with two attached hydrogens (primary N) is 1. The molecule has 0 unspecified atom stereocenters. The van der Waals surface area contributed by atoms with Gasteiger partial charge in [-0.3, -0.25) is 0 Å². The van der Waals surface area contributed by atoms with Gasteiger partial charge in [0.2, 0.25) is 0 Å². The van der Waals surface area contributed by atoms with Crippen LogP contribution in [0.15, 0.2) is 6.07 Å². The molecule has 1 rings (SSSR count). The Morgan fingerprint density at radius 3 is 2.71 bits per heavy atom. The Balaban J connectivity index is 3.41. The maximum Gasteiger partial charge on any atom is 0.264 e. The van der Waals surface area contributed by atoms with Crippen molar-refractivity contribution in [2.45, 2.75) is 13.0 Å². The van der Waals surface area contributed by atoms with Crippen LogP contribution >= 0.6 is 22.6 Å². The van der Waals surface area contributed by atoms with Gasteiger partial charge in [0.1, 0.15) is 15.5 Å². The number of hydrogen-bond donors (Lipinski definition) is 1. The first-order valence-corrected chi connectivity index (χ1v) is 4.75. The lowest BCUT2D eigenvalue weighted by molar-refractivity contribution is 0.150. The summed E-state index contributed by atoms with van der Waals surface area (Å²) in [4.78, 5) is 3.82. The monoisotopic (exact) mass is 309 g/mol. The number of aromatic nitrogens is 1. The van der Waals surface area contributed by atoms with Crippen molar-refractivity contribution in [3.63, 3.8) is 0 Å². The highest BCUT2D eigenvalue weighted by Crippen LogP contribution is 2.25. The molecule has 0 aliphatic rings. The van der Waals surface area contributed by atoms with Crippen molar-refractivity contribution in [1.82, 2.24) is 4.98 Å². The number of rotatable bonds is 2. The van der Waals surface area contributed by atoms with Gasteiger partial charge in [-0.25, -0.2) is 13.8 Å². The van der Waals surface area contributed by atoms with Crippen molar-refractivity contribution >= 4 is 22.6 Å². The summed E-state index contributed by atoms with van der Waals surface area (Å²) >= 11 is 1.78. The highest BCUT2D eigenvalue weighted by atomic mass is 127. The first-order chi connectivity index (χ1) is 6.60. The molecule has 0 bridgehead atoms. The predicted molar refractivity (Wildman–Crippen MR) is 54.5 cm³/mol. The van der Waals surface area contributed by atoms with Crippen molar-refractivity contribution in [2.75, 3.05) is 0 Å². The first-order valence-electron chi connectivity index (χ1n) is 3.67. The van der Waals surface area contributed by atoms with Gasteiger partial charge in [-0.15, -0.1) is 0 Å². The minimum Gasteiger partial charge on any atom is -0.326 e. The third-order valence-electron chi connectivity index (χ3n) is 1.67. The lowest BCUT2D eigenvalue weighted by Crippen LogP contribution is -2.08. The Morgan fingerprint density at radius 2 is 2.29 bits per heavy atom. The predicted octanol–water partition coefficient (Wildman–Crippen LogP) is 1.95. The molecule has 0 spiro atoms. The maximum absolute atomic E-state index is 12.5. The van der Waals surface area contributed by atoms with Gasteiger partial charge in [0.15, 0.2) is 0 Å². The van der Waals surface area contributed by atoms with Crippen LogP contribution in [0.2, 0.25) is 0 Å². The van der Waals surface area contributed by atoms with Crippen molar-refractivity contribution < 1.29 is 8.78 Å². The molecule has 0 saturated heterocycles. The maximum atomic E-state index is 12.5. The minimum atomic E-state index is -2.63. The lowest BCUT2D eigenvalue weighted by atomic mass is 10.1. The number of nitrogens with zero attached hydrogens (tertiary/aromatic N) is 2. The van der Waals surface area contributed by atoms with Crippen molar-refractivity contribution in [3.05, 3.63) is 26.6 Å². The van der Waals surface area contributed by atoms with Crippen molar-refractivity contribution in [1.29, 1.82) is 5.26 Å². The fourth-order valence-electron chi connectivity index (χ4n) is 1.06. The fraction of sp³-hybridized carbons (Fsp3) is 0.250. The van der Waals surface area contributed by atoms with Crippen LogP contribution in [-0.4, -0.2) is 4.98 Å². The Morgan fingerprint density at radius 1 is 1.64 bits per heavy atom. The van der Waals surface area contributed by atoms with Gasteiger partial charge >= 0.3 is 0 Å². The van der Waals surface area contributed by atoms with Crippen molar-refractivity contribution in [2.24, 2.45) is 5.73 Å². The summed E-state index contributed by atoms with van der Waals surface area (Å²) in [6.45, 7) is -0.105. The van der Waals surface area contributed by atoms with E-state index in [0.29, 0.717) is 3.70 Å². The summed E-state index contributed by atoms with van der Waals surface area (Å²) in [5.41, 5.74) is 5.19. The summed E-state index contributed by atoms with van der Waals surface area (Å²) in [6.07, 6.45) is -2.63. The van der Waals surface area contributed by atoms with Crippen LogP contribution in [0, 0.1) is 15.0 Å². The van der Waals surface area contributed by atoms with Crippen LogP contribution < -0.4 is 5.73 Å². The molecule has 0 fully saturated rings. The molecule has 3 nitrogen and oxygen atoms in total. The highest BCUT2D eigenvalue weighted by Gasteiger charge is 2.17. The van der Waals surface area contributed by atoms with Crippen molar-refractivity contribution in [3.8, 4) is 6.07 Å². The van der Waals surface area contributed by atoms with E-state index < -0.39 is 6.43 Å². The van der Waals surface area contributed by atoms with Crippen LogP contribution in [0.4, 0.5) is 8.78 Å². The van der Waals surface area contributed by atoms with Gasteiger partial charge in [-0.1, -0.05) is 0 Å². The molecule has 74 valence electrons. The van der Waals surface area contributed by atoms with E-state index in [9.17, 15) is 8.78 Å². The molecule has 0 aliphatic heterocycles. The molecule has 1 aromatic heterocycles. The van der Waals surface area contributed by atoms with Crippen LogP contribution in [-0.2, 0) is 6.54 Å². The Hall–Kier alpha value is -0.810. The van der Waals surface area contributed by atoms with Crippen LogP contribution in [0.5, 0.6) is 0 Å². The van der Waals surface area contributed by atoms with E-state index in [4.69, 9.17) is 11.0 Å². The molecule has 1 aromatic rings. The SMILES string of the molecule is N#Cc1nc(I)cc(C(F)F)c1CN. The summed E-state index contributed by atoms with van der Waals surface area (Å²) in [6, 6.07) is 3.00. The molecule has 14 heavy (non-hydrogen) atoms. The molecule has 2 N–H and O–H groups in total. The van der Waals surface area contributed by atoms with E-state index in [0.717, 1.165) is 0 Å². The lowest BCUT2D eigenvalue weighted by Gasteiger charge is -2.08. The van der Waals surface area contributed by atoms with Crippen LogP contribution in [0.3, 0.4) is 0 Å². The first kappa shape index (κ1) is 11.3. The van der Waals surface area contributed by atoms with Gasteiger partial charge in [0.25, 0.3) is 6.43 Å². The summed E-state index contributed by atoms with van der Waals surface area (Å²) in [5.74, 6) is 0. The Bertz CT molecular complexity index is 387. The molecule has 6 heteroatoms. The van der Waals surface area contributed by atoms with E-state index in [2.05, 4.69) is 4.98 Å². The number of hydrogen-bond acceptors (Lipinski definition) is 3. The number of nitriles is 1. The van der Waals surface area contributed by atoms with Gasteiger partial charge in [0.05, 0.1) is 0 Å². The van der Waals surface area contributed by atoms with Crippen LogP contribution in [0.1, 0.15) is 23.2 Å². The van der Waals surface area contributed by atoms with E-state index in [1.807, 2.05) is 0 Å². The average molecular weight is 309 g/mol. The van der Waals surface area contributed by atoms with E-state index in [-0.39, 0.29) is 23.4 Å². The normalized spacial score (nSPS) is 10.3. The topological polar surface area (TPSA) is 62.7 Å². The highest BCUT2D eigenvalue weighted by molar-refractivity contribution is 14.1. The zero-order chi connectivity index (χ0) is 10.7. The standard InChI is InChI=1S/C8H6F2IN3/c9-8(10)4-1-7(11)14-6(3-13)5(4)2-12/h1,8H,2,12H2. The second-order valence-corrected chi connectivity index (χ2v) is 3.58. The largest absolute Gasteiger partial charge is 0.326 e. The molecule has 0 atom stereocenters. The summed E-state index contributed by atoms with van der Waals surface area (Å²) in [5, 5.41) is 8.66. The number of pyridine rings is 1. The quantitative estimate of drug-likeness (QED) is 0.671. The van der Waals surface area contributed by atoms with E-state index in [1.165, 1.54) is 6.07 Å². The number of halogens is 3. The zero-order valence-corrected chi connectivity index (χ0v) is 9.12. The smallest absolute Gasteiger partial charge is 0.264 e. The zero-order valence-electron chi connectivity index (χ0n) is 6.97. The molecule has 0 saturated carbocycles. The second kappa shape index (κ2) is 4.61. The average Bonchev–Trinajstić information content (AvgIpc) is 2.16. The molecular formula is C8H6F2IN3. The van der Waals surface area contributed by atoms with Gasteiger partial charge in [-0.05, 0) is 28.7 Å². The van der Waals surface area contributed by atoms with Gasteiger partial charge in [-0.2, -0.15) is 5.26 Å². The molecule has 1 heterocycles. The molecule has 0 aromatic carbocycles. The van der Waals surface area contributed by atoms with E-state index in [1.54, 1.807) is 28.7 Å². The minimum absolute atomic E-state index is 0.0188. The molecule has 0 aliphatic carbocycles. The third kappa shape index (κ3) is 2.16. The molecule has 0 radical (unpaired) electrons. The fourth-order valence-corrected chi connectivity index (χ4v) is 1.64. The summed E-state index contributed by atoms with van der Waals surface area (Å²) in [7, 11) is 0. The van der Waals surface area contributed by atoms with Gasteiger partial charge < -0.3 is 5.73 Å². The Kier molecular flexibility index (Phi) is 3.71. The third-order valence-corrected chi connectivity index (χ3v) is 2.23.